The van der Waals surface area contributed by atoms with E-state index in [9.17, 15) is 14.4 Å². The molecule has 0 amide bonds. The van der Waals surface area contributed by atoms with Crippen LogP contribution in [-0.2, 0) is 14.3 Å². The Morgan fingerprint density at radius 2 is 1.35 bits per heavy atom. The molecule has 0 aliphatic carbocycles. The summed E-state index contributed by atoms with van der Waals surface area (Å²) in [4.78, 5) is 39.4. The second kappa shape index (κ2) is 12.9. The molecule has 2 aromatic rings. The molecule has 2 aromatic carbocycles. The molecule has 10 nitrogen and oxygen atoms in total. The molecule has 0 saturated heterocycles. The van der Waals surface area contributed by atoms with Gasteiger partial charge in [-0.2, -0.15) is 0 Å². The summed E-state index contributed by atoms with van der Waals surface area (Å²) in [6.45, 7) is 9.93. The van der Waals surface area contributed by atoms with Gasteiger partial charge in [0.05, 0.1) is 28.4 Å². The number of hydrogen-bond acceptors (Lipinski definition) is 10. The van der Waals surface area contributed by atoms with Crippen molar-refractivity contribution in [2.24, 2.45) is 11.7 Å². The highest BCUT2D eigenvalue weighted by Gasteiger charge is 2.50. The molecular formula is C30H39NO9. The molecule has 0 fully saturated rings. The number of allylic oxidation sites excluding steroid dienone is 1. The second-order valence-electron chi connectivity index (χ2n) is 10.4. The van der Waals surface area contributed by atoms with Gasteiger partial charge in [-0.3, -0.25) is 4.79 Å². The van der Waals surface area contributed by atoms with E-state index in [1.54, 1.807) is 71.9 Å². The van der Waals surface area contributed by atoms with Gasteiger partial charge in [-0.15, -0.1) is 0 Å². The Morgan fingerprint density at radius 1 is 0.800 bits per heavy atom. The summed E-state index contributed by atoms with van der Waals surface area (Å²) in [6.07, 6.45) is 1.62. The Hall–Kier alpha value is -4.05. The van der Waals surface area contributed by atoms with Gasteiger partial charge in [-0.05, 0) is 75.1 Å². The lowest BCUT2D eigenvalue weighted by Crippen LogP contribution is -2.62. The number of ether oxygens (including phenoxy) is 6. The molecule has 218 valence electrons. The van der Waals surface area contributed by atoms with Crippen LogP contribution in [0.3, 0.4) is 0 Å². The van der Waals surface area contributed by atoms with Gasteiger partial charge in [0.15, 0.2) is 28.8 Å². The summed E-state index contributed by atoms with van der Waals surface area (Å²) in [6, 6.07) is 7.90. The van der Waals surface area contributed by atoms with Crippen molar-refractivity contribution >= 4 is 23.8 Å². The lowest BCUT2D eigenvalue weighted by molar-refractivity contribution is -0.170. The monoisotopic (exact) mass is 557 g/mol. The Labute approximate surface area is 235 Å². The number of ketones is 1. The van der Waals surface area contributed by atoms with Crippen molar-refractivity contribution in [2.45, 2.75) is 52.7 Å². The van der Waals surface area contributed by atoms with E-state index < -0.39 is 29.0 Å². The van der Waals surface area contributed by atoms with E-state index in [2.05, 4.69) is 0 Å². The van der Waals surface area contributed by atoms with Crippen LogP contribution in [0.4, 0.5) is 0 Å². The summed E-state index contributed by atoms with van der Waals surface area (Å²) in [5.74, 6) is -1.52. The van der Waals surface area contributed by atoms with Crippen LogP contribution >= 0.6 is 0 Å². The molecular weight excluding hydrogens is 518 g/mol. The molecule has 0 aliphatic rings. The average molecular weight is 558 g/mol. The number of esters is 2. The summed E-state index contributed by atoms with van der Waals surface area (Å²) in [7, 11) is 5.82. The molecule has 0 spiro atoms. The number of carbonyl (C=O) groups excluding carboxylic acids is 3. The first-order valence-electron chi connectivity index (χ1n) is 12.6. The number of carbonyl (C=O) groups is 3. The zero-order chi connectivity index (χ0) is 30.4. The first-order chi connectivity index (χ1) is 18.6. The van der Waals surface area contributed by atoms with Crippen LogP contribution in [0.5, 0.6) is 28.7 Å². The summed E-state index contributed by atoms with van der Waals surface area (Å²) in [5.41, 5.74) is 4.60. The maximum absolute atomic E-state index is 13.3. The van der Waals surface area contributed by atoms with Crippen molar-refractivity contribution in [2.75, 3.05) is 28.4 Å². The van der Waals surface area contributed by atoms with Crippen molar-refractivity contribution < 1.29 is 42.8 Å². The number of hydrogen-bond donors (Lipinski definition) is 1. The van der Waals surface area contributed by atoms with Crippen LogP contribution in [0.2, 0.25) is 0 Å². The summed E-state index contributed by atoms with van der Waals surface area (Å²) >= 11 is 0. The predicted octanol–water partition coefficient (Wildman–Crippen LogP) is 4.61. The SMILES string of the molecule is COc1ccc(C=C(C)C(=O)c2cc(OC)c(OC)c(OC)c2)cc1OC(=O)[C@@](N)(C(=O)OC(C)(C)C)C(C)C. The summed E-state index contributed by atoms with van der Waals surface area (Å²) < 4.78 is 32.4. The van der Waals surface area contributed by atoms with Crippen LogP contribution in [0, 0.1) is 5.92 Å². The standard InChI is InChI=1S/C30H39NO9/c1-17(2)30(31,28(34)40-29(4,5)6)27(33)39-22-14-19(11-12-21(22)35-7)13-18(3)25(32)20-15-23(36-8)26(38-10)24(16-20)37-9/h11-17H,31H2,1-10H3/t30-/m1/s1. The van der Waals surface area contributed by atoms with Crippen molar-refractivity contribution in [3.63, 3.8) is 0 Å². The third kappa shape index (κ3) is 7.12. The van der Waals surface area contributed by atoms with Crippen molar-refractivity contribution in [3.05, 3.63) is 47.0 Å². The molecule has 0 radical (unpaired) electrons. The fourth-order valence-corrected chi connectivity index (χ4v) is 3.72. The maximum Gasteiger partial charge on any atom is 0.343 e. The molecule has 2 N–H and O–H groups in total. The quantitative estimate of drug-likeness (QED) is 0.137. The van der Waals surface area contributed by atoms with E-state index in [0.29, 0.717) is 33.9 Å². The van der Waals surface area contributed by atoms with Crippen LogP contribution in [0.1, 0.15) is 57.5 Å². The topological polar surface area (TPSA) is 133 Å². The highest BCUT2D eigenvalue weighted by molar-refractivity contribution is 6.11. The van der Waals surface area contributed by atoms with E-state index in [0.717, 1.165) is 0 Å². The van der Waals surface area contributed by atoms with Gasteiger partial charge in [0.1, 0.15) is 5.60 Å². The van der Waals surface area contributed by atoms with E-state index >= 15 is 0 Å². The number of rotatable bonds is 11. The number of nitrogens with two attached hydrogens (primary N) is 1. The van der Waals surface area contributed by atoms with E-state index in [1.807, 2.05) is 0 Å². The van der Waals surface area contributed by atoms with Crippen molar-refractivity contribution in [1.29, 1.82) is 0 Å². The van der Waals surface area contributed by atoms with Gasteiger partial charge >= 0.3 is 11.9 Å². The lowest BCUT2D eigenvalue weighted by atomic mass is 9.87. The lowest BCUT2D eigenvalue weighted by Gasteiger charge is -2.32. The average Bonchev–Trinajstić information content (AvgIpc) is 2.89. The van der Waals surface area contributed by atoms with Crippen molar-refractivity contribution in [3.8, 4) is 28.7 Å². The van der Waals surface area contributed by atoms with Gasteiger partial charge in [-0.1, -0.05) is 19.9 Å². The first kappa shape index (κ1) is 32.2. The van der Waals surface area contributed by atoms with Crippen LogP contribution in [0.25, 0.3) is 6.08 Å². The number of methoxy groups -OCH3 is 4. The predicted molar refractivity (Wildman–Crippen MR) is 150 cm³/mol. The molecule has 0 unspecified atom stereocenters. The van der Waals surface area contributed by atoms with Crippen LogP contribution in [0.15, 0.2) is 35.9 Å². The Bertz CT molecular complexity index is 1270. The van der Waals surface area contributed by atoms with Gasteiger partial charge in [0, 0.05) is 5.56 Å². The highest BCUT2D eigenvalue weighted by Crippen LogP contribution is 2.39. The van der Waals surface area contributed by atoms with Gasteiger partial charge < -0.3 is 34.2 Å². The maximum atomic E-state index is 13.3. The minimum atomic E-state index is -2.07. The Balaban J connectivity index is 2.45. The molecule has 0 bridgehead atoms. The van der Waals surface area contributed by atoms with Crippen LogP contribution in [-0.4, -0.2) is 57.3 Å². The molecule has 1 atom stereocenters. The number of Topliss-reactive ketones (excluding diaryl/α,β-unsaturated/α-hetero) is 1. The Morgan fingerprint density at radius 3 is 1.80 bits per heavy atom. The molecule has 0 aromatic heterocycles. The Kier molecular flexibility index (Phi) is 10.3. The number of benzene rings is 2. The minimum absolute atomic E-state index is 0.0216. The third-order valence-corrected chi connectivity index (χ3v) is 6.04. The van der Waals surface area contributed by atoms with Crippen molar-refractivity contribution in [1.82, 2.24) is 0 Å². The van der Waals surface area contributed by atoms with Gasteiger partial charge in [0.2, 0.25) is 11.3 Å². The van der Waals surface area contributed by atoms with Crippen LogP contribution < -0.4 is 29.4 Å². The molecule has 40 heavy (non-hydrogen) atoms. The second-order valence-corrected chi connectivity index (χ2v) is 10.4. The molecule has 0 saturated carbocycles. The normalized spacial score (nSPS) is 13.2. The smallest absolute Gasteiger partial charge is 0.343 e. The summed E-state index contributed by atoms with van der Waals surface area (Å²) in [5, 5.41) is 0. The highest BCUT2D eigenvalue weighted by atomic mass is 16.6. The molecule has 2 rings (SSSR count). The van der Waals surface area contributed by atoms with Gasteiger partial charge in [0.25, 0.3) is 0 Å². The van der Waals surface area contributed by atoms with E-state index in [4.69, 9.17) is 34.2 Å². The fourth-order valence-electron chi connectivity index (χ4n) is 3.72. The molecule has 0 aliphatic heterocycles. The van der Waals surface area contributed by atoms with E-state index in [-0.39, 0.29) is 17.3 Å². The van der Waals surface area contributed by atoms with E-state index in [1.165, 1.54) is 34.5 Å². The largest absolute Gasteiger partial charge is 0.493 e. The third-order valence-electron chi connectivity index (χ3n) is 6.04. The minimum Gasteiger partial charge on any atom is -0.493 e. The molecule has 0 heterocycles. The molecule has 10 heteroatoms. The fraction of sp³-hybridized carbons (Fsp3) is 0.433. The first-order valence-corrected chi connectivity index (χ1v) is 12.6. The zero-order valence-electron chi connectivity index (χ0n) is 24.8. The van der Waals surface area contributed by atoms with Gasteiger partial charge in [-0.25, -0.2) is 9.59 Å². The zero-order valence-corrected chi connectivity index (χ0v) is 24.8.